The Balaban J connectivity index is 0.00000176. The predicted octanol–water partition coefficient (Wildman–Crippen LogP) is 5.88. The molecule has 0 radical (unpaired) electrons. The normalized spacial score (nSPS) is 16.2. The van der Waals surface area contributed by atoms with Gasteiger partial charge in [-0.15, -0.1) is 24.8 Å². The minimum absolute atomic E-state index is 0. The lowest BCUT2D eigenvalue weighted by Gasteiger charge is -2.33. The summed E-state index contributed by atoms with van der Waals surface area (Å²) in [6, 6.07) is 22.4. The minimum Gasteiger partial charge on any atom is -0.469 e. The van der Waals surface area contributed by atoms with Crippen LogP contribution < -0.4 is 15.4 Å². The number of benzene rings is 2. The average Bonchev–Trinajstić information content (AvgIpc) is 3.82. The first-order chi connectivity index (χ1) is 18.3. The fourth-order valence-electron chi connectivity index (χ4n) is 4.69. The van der Waals surface area contributed by atoms with Crippen LogP contribution >= 0.6 is 24.8 Å². The molecule has 200 valence electrons. The number of fused-ring (bicyclic) bond motifs is 1. The number of nitriles is 1. The highest BCUT2D eigenvalue weighted by atomic mass is 35.5. The van der Waals surface area contributed by atoms with Gasteiger partial charge in [0.25, 0.3) is 0 Å². The van der Waals surface area contributed by atoms with E-state index >= 15 is 0 Å². The van der Waals surface area contributed by atoms with E-state index in [-0.39, 0.29) is 37.0 Å². The van der Waals surface area contributed by atoms with Crippen LogP contribution in [0, 0.1) is 11.3 Å². The van der Waals surface area contributed by atoms with Crippen LogP contribution in [0.5, 0.6) is 5.88 Å². The molecule has 2 aliphatic rings. The molecule has 0 bridgehead atoms. The zero-order chi connectivity index (χ0) is 25.0. The topological polar surface area (TPSA) is 95.8 Å². The first-order valence-electron chi connectivity index (χ1n) is 12.8. The van der Waals surface area contributed by atoms with E-state index in [1.807, 2.05) is 48.9 Å². The third-order valence-electron chi connectivity index (χ3n) is 6.95. The van der Waals surface area contributed by atoms with Gasteiger partial charge in [-0.3, -0.25) is 0 Å². The summed E-state index contributed by atoms with van der Waals surface area (Å²) in [5.74, 6) is 2.08. The first-order valence-corrected chi connectivity index (χ1v) is 12.8. The number of rotatable bonds is 8. The molecule has 7 nitrogen and oxygen atoms in total. The molecule has 0 spiro atoms. The van der Waals surface area contributed by atoms with Gasteiger partial charge in [0.2, 0.25) is 5.88 Å². The van der Waals surface area contributed by atoms with Crippen molar-refractivity contribution in [2.75, 3.05) is 18.4 Å². The Bertz CT molecular complexity index is 1410. The van der Waals surface area contributed by atoms with Gasteiger partial charge >= 0.3 is 0 Å². The summed E-state index contributed by atoms with van der Waals surface area (Å²) in [6.45, 7) is 1.43. The van der Waals surface area contributed by atoms with Gasteiger partial charge in [0, 0.05) is 35.6 Å². The molecule has 9 heteroatoms. The van der Waals surface area contributed by atoms with E-state index in [0.29, 0.717) is 23.9 Å². The lowest BCUT2D eigenvalue weighted by atomic mass is 9.99. The molecule has 39 heavy (non-hydrogen) atoms. The van der Waals surface area contributed by atoms with Crippen LogP contribution in [0.1, 0.15) is 47.3 Å². The summed E-state index contributed by atoms with van der Waals surface area (Å²) < 4.78 is 6.43. The Morgan fingerprint density at radius 3 is 2.36 bits per heavy atom. The van der Waals surface area contributed by atoms with Crippen molar-refractivity contribution in [3.05, 3.63) is 102 Å². The van der Waals surface area contributed by atoms with Crippen LogP contribution in [0.4, 0.5) is 5.69 Å². The molecular weight excluding hydrogens is 531 g/mol. The number of halogens is 2. The standard InChI is InChI=1S/C30H28N6O.2ClH/c31-15-21-8-6-20(7-9-21)12-13-32-28(22-4-2-1-3-5-22)27-19-33-26-14-24(16-36-30(26)37-27)25-17-34-29(35-18-25)23-10-11-23;;/h1-9,14,16-18,23,27-28,32-33H,10-13,19H2;2*1H/t27-,28+;;/m0../s1. The molecule has 1 aliphatic carbocycles. The Labute approximate surface area is 240 Å². The molecule has 2 aromatic heterocycles. The van der Waals surface area contributed by atoms with E-state index in [9.17, 15) is 0 Å². The van der Waals surface area contributed by atoms with E-state index in [1.165, 1.54) is 24.0 Å². The van der Waals surface area contributed by atoms with Crippen LogP contribution in [0.3, 0.4) is 0 Å². The second kappa shape index (κ2) is 12.9. The highest BCUT2D eigenvalue weighted by Crippen LogP contribution is 2.38. The van der Waals surface area contributed by atoms with Gasteiger partial charge in [0.15, 0.2) is 0 Å². The number of aromatic nitrogens is 3. The maximum absolute atomic E-state index is 9.03. The fraction of sp³-hybridized carbons (Fsp3) is 0.267. The van der Waals surface area contributed by atoms with E-state index in [1.54, 1.807) is 0 Å². The van der Waals surface area contributed by atoms with E-state index in [4.69, 9.17) is 10.00 Å². The lowest BCUT2D eigenvalue weighted by Crippen LogP contribution is -2.43. The lowest BCUT2D eigenvalue weighted by molar-refractivity contribution is 0.150. The van der Waals surface area contributed by atoms with E-state index in [2.05, 4.69) is 62.0 Å². The molecule has 1 aliphatic heterocycles. The van der Waals surface area contributed by atoms with Crippen molar-refractivity contribution in [2.24, 2.45) is 0 Å². The number of nitrogens with zero attached hydrogens (tertiary/aromatic N) is 4. The summed E-state index contributed by atoms with van der Waals surface area (Å²) in [7, 11) is 0. The Morgan fingerprint density at radius 2 is 1.67 bits per heavy atom. The summed E-state index contributed by atoms with van der Waals surface area (Å²) in [5, 5.41) is 16.3. The first kappa shape index (κ1) is 28.3. The number of hydrogen-bond acceptors (Lipinski definition) is 7. The molecule has 2 atom stereocenters. The van der Waals surface area contributed by atoms with Gasteiger partial charge in [-0.25, -0.2) is 15.0 Å². The van der Waals surface area contributed by atoms with E-state index in [0.717, 1.165) is 35.6 Å². The summed E-state index contributed by atoms with van der Waals surface area (Å²) in [5.41, 5.74) is 5.84. The zero-order valence-corrected chi connectivity index (χ0v) is 22.9. The SMILES string of the molecule is Cl.Cl.N#Cc1ccc(CCN[C@H](c2ccccc2)[C@@H]2CNc3cc(-c4cnc(C5CC5)nc4)cnc3O2)cc1. The van der Waals surface area contributed by atoms with Gasteiger partial charge < -0.3 is 15.4 Å². The number of pyridine rings is 1. The van der Waals surface area contributed by atoms with Crippen molar-refractivity contribution < 1.29 is 4.74 Å². The number of anilines is 1. The number of ether oxygens (including phenoxy) is 1. The van der Waals surface area contributed by atoms with Crippen molar-refractivity contribution in [1.82, 2.24) is 20.3 Å². The molecule has 0 unspecified atom stereocenters. The van der Waals surface area contributed by atoms with Crippen LogP contribution in [-0.4, -0.2) is 34.1 Å². The van der Waals surface area contributed by atoms with Gasteiger partial charge in [-0.1, -0.05) is 42.5 Å². The van der Waals surface area contributed by atoms with Crippen molar-refractivity contribution in [2.45, 2.75) is 37.3 Å². The maximum Gasteiger partial charge on any atom is 0.237 e. The predicted molar refractivity (Wildman–Crippen MR) is 157 cm³/mol. The molecule has 1 fully saturated rings. The molecule has 3 heterocycles. The summed E-state index contributed by atoms with van der Waals surface area (Å²) in [4.78, 5) is 13.7. The molecule has 4 aromatic rings. The van der Waals surface area contributed by atoms with Crippen molar-refractivity contribution >= 4 is 30.5 Å². The monoisotopic (exact) mass is 560 g/mol. The number of nitrogens with one attached hydrogen (secondary N) is 2. The van der Waals surface area contributed by atoms with Gasteiger partial charge in [0.1, 0.15) is 11.9 Å². The number of hydrogen-bond donors (Lipinski definition) is 2. The van der Waals surface area contributed by atoms with Crippen LogP contribution in [0.2, 0.25) is 0 Å². The highest BCUT2D eigenvalue weighted by molar-refractivity contribution is 5.85. The third-order valence-corrected chi connectivity index (χ3v) is 6.95. The second-order valence-corrected chi connectivity index (χ2v) is 9.62. The van der Waals surface area contributed by atoms with E-state index < -0.39 is 0 Å². The third kappa shape index (κ3) is 6.66. The Morgan fingerprint density at radius 1 is 0.949 bits per heavy atom. The maximum atomic E-state index is 9.03. The van der Waals surface area contributed by atoms with Crippen molar-refractivity contribution in [3.8, 4) is 23.1 Å². The summed E-state index contributed by atoms with van der Waals surface area (Å²) in [6.07, 6.45) is 8.71. The molecule has 0 amide bonds. The molecule has 6 rings (SSSR count). The molecule has 2 N–H and O–H groups in total. The fourth-order valence-corrected chi connectivity index (χ4v) is 4.69. The van der Waals surface area contributed by atoms with Crippen molar-refractivity contribution in [1.29, 1.82) is 5.26 Å². The van der Waals surface area contributed by atoms with Crippen LogP contribution in [0.15, 0.2) is 79.3 Å². The van der Waals surface area contributed by atoms with Gasteiger partial charge in [0.05, 0.1) is 29.9 Å². The average molecular weight is 562 g/mol. The Kier molecular flexibility index (Phi) is 9.36. The van der Waals surface area contributed by atoms with Crippen LogP contribution in [-0.2, 0) is 6.42 Å². The van der Waals surface area contributed by atoms with Crippen molar-refractivity contribution in [3.63, 3.8) is 0 Å². The second-order valence-electron chi connectivity index (χ2n) is 9.62. The van der Waals surface area contributed by atoms with Gasteiger partial charge in [-0.2, -0.15) is 5.26 Å². The minimum atomic E-state index is -0.129. The Hall–Kier alpha value is -3.70. The smallest absolute Gasteiger partial charge is 0.237 e. The molecule has 1 saturated carbocycles. The summed E-state index contributed by atoms with van der Waals surface area (Å²) >= 11 is 0. The molecule has 2 aromatic carbocycles. The van der Waals surface area contributed by atoms with Crippen LogP contribution in [0.25, 0.3) is 11.1 Å². The molecular formula is C30H30Cl2N6O. The molecule has 0 saturated heterocycles. The van der Waals surface area contributed by atoms with Gasteiger partial charge in [-0.05, 0) is 55.1 Å². The largest absolute Gasteiger partial charge is 0.469 e. The highest BCUT2D eigenvalue weighted by Gasteiger charge is 2.30. The quantitative estimate of drug-likeness (QED) is 0.278. The zero-order valence-electron chi connectivity index (χ0n) is 21.3.